The van der Waals surface area contributed by atoms with Crippen molar-refractivity contribution in [1.29, 1.82) is 0 Å². The van der Waals surface area contributed by atoms with Gasteiger partial charge in [0.15, 0.2) is 0 Å². The molecule has 0 bridgehead atoms. The highest BCUT2D eigenvalue weighted by molar-refractivity contribution is 8.00. The summed E-state index contributed by atoms with van der Waals surface area (Å²) in [6.45, 7) is 0. The normalized spacial score (nSPS) is 47.2. The maximum absolute atomic E-state index is 2.59. The van der Waals surface area contributed by atoms with Gasteiger partial charge < -0.3 is 0 Å². The summed E-state index contributed by atoms with van der Waals surface area (Å²) < 4.78 is 0. The fraction of sp³-hybridized carbons (Fsp3) is 1.00. The van der Waals surface area contributed by atoms with Crippen LogP contribution in [0.3, 0.4) is 0 Å². The molecule has 6 aliphatic carbocycles. The second kappa shape index (κ2) is 9.92. The first-order chi connectivity index (χ1) is 15.4. The second-order valence-electron chi connectivity index (χ2n) is 13.0. The minimum absolute atomic E-state index is 1.05. The maximum Gasteiger partial charge on any atom is 0.00809 e. The van der Waals surface area contributed by atoms with E-state index in [1.54, 1.807) is 116 Å². The average molecular weight is 443 g/mol. The van der Waals surface area contributed by atoms with Crippen molar-refractivity contribution >= 4 is 11.8 Å². The van der Waals surface area contributed by atoms with Gasteiger partial charge in [0.2, 0.25) is 0 Å². The highest BCUT2D eigenvalue weighted by Gasteiger charge is 2.49. The molecular formula is C30H50S. The molecule has 8 atom stereocenters. The van der Waals surface area contributed by atoms with Crippen molar-refractivity contribution < 1.29 is 0 Å². The smallest absolute Gasteiger partial charge is 0.00809 e. The highest BCUT2D eigenvalue weighted by atomic mass is 32.2. The van der Waals surface area contributed by atoms with Gasteiger partial charge in [-0.2, -0.15) is 11.8 Å². The highest BCUT2D eigenvalue weighted by Crippen LogP contribution is 2.58. The van der Waals surface area contributed by atoms with Crippen molar-refractivity contribution in [2.45, 2.75) is 139 Å². The summed E-state index contributed by atoms with van der Waals surface area (Å²) in [6, 6.07) is 0. The quantitative estimate of drug-likeness (QED) is 0.418. The Hall–Kier alpha value is 0.350. The van der Waals surface area contributed by atoms with Crippen molar-refractivity contribution in [3.05, 3.63) is 0 Å². The summed E-state index contributed by atoms with van der Waals surface area (Å²) in [4.78, 5) is 0. The summed E-state index contributed by atoms with van der Waals surface area (Å²) in [5.74, 6) is 9.00. The zero-order valence-corrected chi connectivity index (χ0v) is 21.1. The number of hydrogen-bond donors (Lipinski definition) is 0. The van der Waals surface area contributed by atoms with Crippen LogP contribution in [0.5, 0.6) is 0 Å². The van der Waals surface area contributed by atoms with Gasteiger partial charge in [0.25, 0.3) is 0 Å². The van der Waals surface area contributed by atoms with Crippen LogP contribution in [0, 0.1) is 47.3 Å². The average Bonchev–Trinajstić information content (AvgIpc) is 3.46. The molecule has 176 valence electrons. The molecule has 8 unspecified atom stereocenters. The number of fused-ring (bicyclic) bond motifs is 2. The van der Waals surface area contributed by atoms with Gasteiger partial charge in [-0.3, -0.25) is 0 Å². The molecule has 6 saturated carbocycles. The molecular weight excluding hydrogens is 392 g/mol. The topological polar surface area (TPSA) is 0 Å². The Bertz CT molecular complexity index is 523. The van der Waals surface area contributed by atoms with Crippen LogP contribution in [0.25, 0.3) is 0 Å². The van der Waals surface area contributed by atoms with Crippen molar-refractivity contribution in [3.63, 3.8) is 0 Å². The van der Waals surface area contributed by atoms with E-state index in [9.17, 15) is 0 Å². The Morgan fingerprint density at radius 1 is 0.290 bits per heavy atom. The number of rotatable bonds is 4. The fourth-order valence-electron chi connectivity index (χ4n) is 10.4. The third-order valence-electron chi connectivity index (χ3n) is 11.7. The molecule has 0 amide bonds. The van der Waals surface area contributed by atoms with E-state index in [0.717, 1.165) is 57.8 Å². The third kappa shape index (κ3) is 4.41. The van der Waals surface area contributed by atoms with Crippen LogP contribution in [-0.2, 0) is 0 Å². The van der Waals surface area contributed by atoms with E-state index in [0.29, 0.717) is 0 Å². The van der Waals surface area contributed by atoms with E-state index < -0.39 is 0 Å². The van der Waals surface area contributed by atoms with Gasteiger partial charge in [-0.25, -0.2) is 0 Å². The van der Waals surface area contributed by atoms with E-state index in [4.69, 9.17) is 0 Å². The lowest BCUT2D eigenvalue weighted by Crippen LogP contribution is -2.36. The molecule has 6 fully saturated rings. The van der Waals surface area contributed by atoms with Crippen LogP contribution in [0.15, 0.2) is 0 Å². The standard InChI is InChI=1S/C30H50S/c1-3-9-21(10-4-1)23-17-19-27-25(23)13-7-15-29(27)31-30-16-8-14-26-24(18-20-28(26)30)22-11-5-2-6-12-22/h21-30H,1-20H2. The van der Waals surface area contributed by atoms with E-state index in [1.165, 1.54) is 12.8 Å². The first-order valence-electron chi connectivity index (χ1n) is 15.0. The molecule has 6 rings (SSSR count). The van der Waals surface area contributed by atoms with Crippen LogP contribution in [0.4, 0.5) is 0 Å². The Kier molecular flexibility index (Phi) is 6.99. The minimum atomic E-state index is 1.05. The number of hydrogen-bond acceptors (Lipinski definition) is 1. The van der Waals surface area contributed by atoms with Gasteiger partial charge >= 0.3 is 0 Å². The first-order valence-corrected chi connectivity index (χ1v) is 16.0. The molecule has 31 heavy (non-hydrogen) atoms. The van der Waals surface area contributed by atoms with Gasteiger partial charge in [0.1, 0.15) is 0 Å². The van der Waals surface area contributed by atoms with Gasteiger partial charge in [0.05, 0.1) is 0 Å². The van der Waals surface area contributed by atoms with Gasteiger partial charge in [-0.1, -0.05) is 77.0 Å². The van der Waals surface area contributed by atoms with Gasteiger partial charge in [0, 0.05) is 10.5 Å². The molecule has 1 heteroatoms. The zero-order chi connectivity index (χ0) is 20.6. The largest absolute Gasteiger partial charge is 0.155 e. The van der Waals surface area contributed by atoms with E-state index in [1.807, 2.05) is 0 Å². The van der Waals surface area contributed by atoms with E-state index >= 15 is 0 Å². The van der Waals surface area contributed by atoms with E-state index in [-0.39, 0.29) is 0 Å². The fourth-order valence-corrected chi connectivity index (χ4v) is 12.6. The minimum Gasteiger partial charge on any atom is -0.155 e. The predicted molar refractivity (Wildman–Crippen MR) is 135 cm³/mol. The summed E-state index contributed by atoms with van der Waals surface area (Å²) in [5.41, 5.74) is 0. The maximum atomic E-state index is 2.59. The lowest BCUT2D eigenvalue weighted by Gasteiger charge is -2.43. The van der Waals surface area contributed by atoms with Crippen LogP contribution in [-0.4, -0.2) is 10.5 Å². The Labute approximate surface area is 197 Å². The Morgan fingerprint density at radius 3 is 1.16 bits per heavy atom. The Balaban J connectivity index is 1.09. The van der Waals surface area contributed by atoms with Crippen molar-refractivity contribution in [2.75, 3.05) is 0 Å². The monoisotopic (exact) mass is 442 g/mol. The van der Waals surface area contributed by atoms with Crippen molar-refractivity contribution in [3.8, 4) is 0 Å². The molecule has 6 aliphatic rings. The summed E-state index contributed by atoms with van der Waals surface area (Å²) in [6.07, 6.45) is 31.5. The molecule has 0 aliphatic heterocycles. The molecule has 0 radical (unpaired) electrons. The van der Waals surface area contributed by atoms with Crippen LogP contribution >= 0.6 is 11.8 Å². The summed E-state index contributed by atoms with van der Waals surface area (Å²) >= 11 is 2.59. The molecule has 0 aromatic heterocycles. The molecule has 0 heterocycles. The second-order valence-corrected chi connectivity index (χ2v) is 14.5. The zero-order valence-electron chi connectivity index (χ0n) is 20.3. The molecule has 0 aromatic rings. The molecule has 0 N–H and O–H groups in total. The van der Waals surface area contributed by atoms with E-state index in [2.05, 4.69) is 11.8 Å². The molecule has 0 aromatic carbocycles. The van der Waals surface area contributed by atoms with Crippen LogP contribution < -0.4 is 0 Å². The van der Waals surface area contributed by atoms with Crippen molar-refractivity contribution in [2.24, 2.45) is 47.3 Å². The molecule has 0 spiro atoms. The van der Waals surface area contributed by atoms with Gasteiger partial charge in [-0.15, -0.1) is 0 Å². The Morgan fingerprint density at radius 2 is 0.710 bits per heavy atom. The first kappa shape index (κ1) is 21.9. The van der Waals surface area contributed by atoms with Crippen LogP contribution in [0.1, 0.15) is 128 Å². The van der Waals surface area contributed by atoms with Crippen molar-refractivity contribution in [1.82, 2.24) is 0 Å². The molecule has 0 saturated heterocycles. The van der Waals surface area contributed by atoms with Crippen LogP contribution in [0.2, 0.25) is 0 Å². The lowest BCUT2D eigenvalue weighted by molar-refractivity contribution is 0.148. The SMILES string of the molecule is C1CCC(C2CCC3C(SC4CCCC5C(C6CCCCC6)CCC45)CCCC23)CC1. The summed E-state index contributed by atoms with van der Waals surface area (Å²) in [5, 5.41) is 2.09. The predicted octanol–water partition coefficient (Wildman–Crippen LogP) is 9.27. The molecule has 0 nitrogen and oxygen atoms in total. The lowest BCUT2D eigenvalue weighted by atomic mass is 9.70. The van der Waals surface area contributed by atoms with Gasteiger partial charge in [-0.05, 0) is 98.7 Å². The summed E-state index contributed by atoms with van der Waals surface area (Å²) in [7, 11) is 0. The third-order valence-corrected chi connectivity index (χ3v) is 13.6. The number of thioether (sulfide) groups is 1.